The summed E-state index contributed by atoms with van der Waals surface area (Å²) in [7, 11) is 0. The standard InChI is InChI=1S/C17H18N4O2S/c22-15(16-7-4-8-24-16)10-18-17(23)20-14-9-19-21(12-14)11-13-5-2-1-3-6-13/h1-9,12,15,22H,10-11H2,(H2,18,20,23)/t15-/m1/s1. The topological polar surface area (TPSA) is 79.2 Å². The Labute approximate surface area is 143 Å². The summed E-state index contributed by atoms with van der Waals surface area (Å²) in [6.45, 7) is 0.797. The van der Waals surface area contributed by atoms with E-state index in [0.29, 0.717) is 12.2 Å². The fraction of sp³-hybridized carbons (Fsp3) is 0.176. The predicted molar refractivity (Wildman–Crippen MR) is 94.1 cm³/mol. The fourth-order valence-electron chi connectivity index (χ4n) is 2.23. The Morgan fingerprint density at radius 3 is 2.83 bits per heavy atom. The summed E-state index contributed by atoms with van der Waals surface area (Å²) in [5.41, 5.74) is 1.74. The van der Waals surface area contributed by atoms with E-state index in [1.165, 1.54) is 11.3 Å². The van der Waals surface area contributed by atoms with E-state index in [0.717, 1.165) is 10.4 Å². The zero-order valence-corrected chi connectivity index (χ0v) is 13.7. The highest BCUT2D eigenvalue weighted by Gasteiger charge is 2.11. The van der Waals surface area contributed by atoms with Gasteiger partial charge in [0, 0.05) is 11.1 Å². The molecule has 7 heteroatoms. The molecule has 0 aliphatic carbocycles. The van der Waals surface area contributed by atoms with Crippen LogP contribution in [0, 0.1) is 0 Å². The van der Waals surface area contributed by atoms with E-state index in [1.807, 2.05) is 47.8 Å². The molecule has 0 aliphatic heterocycles. The molecule has 3 rings (SSSR count). The molecule has 0 unspecified atom stereocenters. The van der Waals surface area contributed by atoms with E-state index in [2.05, 4.69) is 15.7 Å². The number of urea groups is 1. The minimum absolute atomic E-state index is 0.157. The number of benzene rings is 1. The van der Waals surface area contributed by atoms with Gasteiger partial charge in [-0.2, -0.15) is 5.10 Å². The molecule has 3 N–H and O–H groups in total. The summed E-state index contributed by atoms with van der Waals surface area (Å²) in [5, 5.41) is 21.4. The molecule has 0 aliphatic rings. The van der Waals surface area contributed by atoms with Crippen LogP contribution < -0.4 is 10.6 Å². The van der Waals surface area contributed by atoms with Crippen molar-refractivity contribution in [1.29, 1.82) is 0 Å². The third kappa shape index (κ3) is 4.43. The largest absolute Gasteiger partial charge is 0.386 e. The van der Waals surface area contributed by atoms with Crippen molar-refractivity contribution in [2.24, 2.45) is 0 Å². The number of thiophene rings is 1. The van der Waals surface area contributed by atoms with Gasteiger partial charge < -0.3 is 15.7 Å². The number of aromatic nitrogens is 2. The molecule has 0 saturated carbocycles. The Morgan fingerprint density at radius 2 is 2.08 bits per heavy atom. The van der Waals surface area contributed by atoms with E-state index in [1.54, 1.807) is 17.1 Å². The number of nitrogens with one attached hydrogen (secondary N) is 2. The van der Waals surface area contributed by atoms with Gasteiger partial charge in [-0.25, -0.2) is 4.79 Å². The van der Waals surface area contributed by atoms with E-state index in [-0.39, 0.29) is 12.6 Å². The first kappa shape index (κ1) is 16.2. The molecule has 0 radical (unpaired) electrons. The maximum Gasteiger partial charge on any atom is 0.319 e. The molecule has 3 aromatic rings. The molecule has 2 amide bonds. The maximum absolute atomic E-state index is 11.9. The van der Waals surface area contributed by atoms with Crippen molar-refractivity contribution >= 4 is 23.1 Å². The van der Waals surface area contributed by atoms with Gasteiger partial charge in [0.1, 0.15) is 6.10 Å². The molecular weight excluding hydrogens is 324 g/mol. The van der Waals surface area contributed by atoms with Crippen LogP contribution in [0.5, 0.6) is 0 Å². The van der Waals surface area contributed by atoms with Crippen LogP contribution in [0.2, 0.25) is 0 Å². The van der Waals surface area contributed by atoms with Gasteiger partial charge in [-0.05, 0) is 17.0 Å². The first-order valence-corrected chi connectivity index (χ1v) is 8.41. The van der Waals surface area contributed by atoms with Crippen molar-refractivity contribution in [3.63, 3.8) is 0 Å². The molecule has 6 nitrogen and oxygen atoms in total. The third-order valence-corrected chi connectivity index (χ3v) is 4.38. The van der Waals surface area contributed by atoms with Crippen molar-refractivity contribution < 1.29 is 9.90 Å². The average Bonchev–Trinajstić information content (AvgIpc) is 3.26. The second-order valence-electron chi connectivity index (χ2n) is 5.28. The number of rotatable bonds is 6. The van der Waals surface area contributed by atoms with Crippen LogP contribution in [-0.4, -0.2) is 27.5 Å². The van der Waals surface area contributed by atoms with Crippen LogP contribution in [0.3, 0.4) is 0 Å². The highest BCUT2D eigenvalue weighted by atomic mass is 32.1. The zero-order chi connectivity index (χ0) is 16.8. The summed E-state index contributed by atoms with van der Waals surface area (Å²) in [5.74, 6) is 0. The lowest BCUT2D eigenvalue weighted by Gasteiger charge is -2.10. The lowest BCUT2D eigenvalue weighted by Crippen LogP contribution is -2.32. The number of hydrogen-bond donors (Lipinski definition) is 3. The quantitative estimate of drug-likeness (QED) is 0.644. The van der Waals surface area contributed by atoms with Gasteiger partial charge in [0.05, 0.1) is 25.0 Å². The maximum atomic E-state index is 11.9. The Bertz CT molecular complexity index is 771. The lowest BCUT2D eigenvalue weighted by molar-refractivity contribution is 0.178. The van der Waals surface area contributed by atoms with Crippen molar-refractivity contribution in [1.82, 2.24) is 15.1 Å². The van der Waals surface area contributed by atoms with Crippen LogP contribution >= 0.6 is 11.3 Å². The van der Waals surface area contributed by atoms with Crippen LogP contribution in [0.1, 0.15) is 16.5 Å². The number of anilines is 1. The summed E-state index contributed by atoms with van der Waals surface area (Å²) in [6.07, 6.45) is 2.66. The van der Waals surface area contributed by atoms with Crippen LogP contribution in [-0.2, 0) is 6.54 Å². The van der Waals surface area contributed by atoms with Crippen molar-refractivity contribution in [3.05, 3.63) is 70.7 Å². The number of aliphatic hydroxyl groups is 1. The van der Waals surface area contributed by atoms with Gasteiger partial charge in [0.25, 0.3) is 0 Å². The second-order valence-corrected chi connectivity index (χ2v) is 6.26. The van der Waals surface area contributed by atoms with E-state index in [9.17, 15) is 9.90 Å². The summed E-state index contributed by atoms with van der Waals surface area (Å²) in [4.78, 5) is 12.7. The molecule has 124 valence electrons. The highest BCUT2D eigenvalue weighted by molar-refractivity contribution is 7.10. The first-order chi connectivity index (χ1) is 11.7. The molecule has 24 heavy (non-hydrogen) atoms. The van der Waals surface area contributed by atoms with Crippen molar-refractivity contribution in [3.8, 4) is 0 Å². The number of amides is 2. The average molecular weight is 342 g/mol. The van der Waals surface area contributed by atoms with Crippen LogP contribution in [0.25, 0.3) is 0 Å². The van der Waals surface area contributed by atoms with Gasteiger partial charge in [0.15, 0.2) is 0 Å². The van der Waals surface area contributed by atoms with Gasteiger partial charge in [0.2, 0.25) is 0 Å². The Balaban J connectivity index is 1.48. The molecule has 0 bridgehead atoms. The van der Waals surface area contributed by atoms with Gasteiger partial charge in [-0.15, -0.1) is 11.3 Å². The normalized spacial score (nSPS) is 11.9. The third-order valence-electron chi connectivity index (χ3n) is 3.41. The molecule has 1 aromatic carbocycles. The molecule has 2 aromatic heterocycles. The number of aliphatic hydroxyl groups excluding tert-OH is 1. The molecule has 1 atom stereocenters. The first-order valence-electron chi connectivity index (χ1n) is 7.53. The molecule has 0 saturated heterocycles. The van der Waals surface area contributed by atoms with E-state index in [4.69, 9.17) is 0 Å². The van der Waals surface area contributed by atoms with Gasteiger partial charge >= 0.3 is 6.03 Å². The SMILES string of the molecule is O=C(NC[C@@H](O)c1cccs1)Nc1cnn(Cc2ccccc2)c1. The van der Waals surface area contributed by atoms with Gasteiger partial charge in [-0.3, -0.25) is 4.68 Å². The molecule has 0 spiro atoms. The fourth-order valence-corrected chi connectivity index (χ4v) is 2.94. The molecule has 0 fully saturated rings. The zero-order valence-electron chi connectivity index (χ0n) is 12.9. The van der Waals surface area contributed by atoms with Crippen molar-refractivity contribution in [2.45, 2.75) is 12.6 Å². The lowest BCUT2D eigenvalue weighted by atomic mass is 10.2. The minimum atomic E-state index is -0.698. The van der Waals surface area contributed by atoms with Crippen LogP contribution in [0.15, 0.2) is 60.2 Å². The number of carbonyl (C=O) groups excluding carboxylic acids is 1. The number of hydrogen-bond acceptors (Lipinski definition) is 4. The summed E-state index contributed by atoms with van der Waals surface area (Å²) >= 11 is 1.46. The van der Waals surface area contributed by atoms with E-state index < -0.39 is 6.10 Å². The predicted octanol–water partition coefficient (Wildman–Crippen LogP) is 2.85. The highest BCUT2D eigenvalue weighted by Crippen LogP contribution is 2.17. The number of carbonyl (C=O) groups is 1. The van der Waals surface area contributed by atoms with Crippen molar-refractivity contribution in [2.75, 3.05) is 11.9 Å². The van der Waals surface area contributed by atoms with E-state index >= 15 is 0 Å². The minimum Gasteiger partial charge on any atom is -0.386 e. The summed E-state index contributed by atoms with van der Waals surface area (Å²) in [6, 6.07) is 13.3. The Kier molecular flexibility index (Phi) is 5.25. The Hall–Kier alpha value is -2.64. The Morgan fingerprint density at radius 1 is 1.25 bits per heavy atom. The molecular formula is C17H18N4O2S. The molecule has 2 heterocycles. The monoisotopic (exact) mass is 342 g/mol. The summed E-state index contributed by atoms with van der Waals surface area (Å²) < 4.78 is 1.76. The number of nitrogens with zero attached hydrogens (tertiary/aromatic N) is 2. The smallest absolute Gasteiger partial charge is 0.319 e. The van der Waals surface area contributed by atoms with Crippen LogP contribution in [0.4, 0.5) is 10.5 Å². The second kappa shape index (κ2) is 7.76. The van der Waals surface area contributed by atoms with Gasteiger partial charge in [-0.1, -0.05) is 36.4 Å².